The smallest absolute Gasteiger partial charge is 0.126 e. The molecule has 0 spiro atoms. The Hall–Kier alpha value is -13.7. The summed E-state index contributed by atoms with van der Waals surface area (Å²) >= 11 is 1.91. The molecule has 0 bridgehead atoms. The van der Waals surface area contributed by atoms with Gasteiger partial charge in [-0.15, -0.1) is 11.3 Å². The third-order valence-corrected chi connectivity index (χ3v) is 30.5. The predicted molar refractivity (Wildman–Crippen MR) is 561 cm³/mol. The van der Waals surface area contributed by atoms with Gasteiger partial charge < -0.3 is 32.0 Å². The lowest BCUT2D eigenvalue weighted by atomic mass is 10.1. The third-order valence-electron chi connectivity index (χ3n) is 29.3. The summed E-state index contributed by atoms with van der Waals surface area (Å²) in [6.45, 7) is 48.7. The Morgan fingerprint density at radius 2 is 0.415 bits per heavy atom. The van der Waals surface area contributed by atoms with E-state index in [4.69, 9.17) is 0 Å². The van der Waals surface area contributed by atoms with Crippen LogP contribution in [0.3, 0.4) is 0 Å². The van der Waals surface area contributed by atoms with E-state index in [1.165, 1.54) is 282 Å². The van der Waals surface area contributed by atoms with Crippen LogP contribution in [0.15, 0.2) is 237 Å². The van der Waals surface area contributed by atoms with Crippen molar-refractivity contribution in [3.63, 3.8) is 0 Å². The standard InChI is InChI=1S/5C21H22N2.C13H13NS/c2*1-13-9-8-10-14(2)20(13)23-16(4)15(3)19-17-11-6-7-12-18(17)22(5)21(19)23;2*1-13-9-8-10-14(2)20(13)23-18-12-7-6-11-17(18)19-15(3)16(4)22(5)21(19)23;1-13-9-8-10-14(2)19(13)23-16(4)15(3)20-21(23)17-11-6-7-12-18(17)22(20)5;1-8-9(2)15-13-10-6-4-5-7-11(10)14(3)12(8)13/h5*6-12H,1-5H3;4-7H,1-3H3. The minimum atomic E-state index is 1.29. The largest absolute Gasteiger partial charge is 0.343 e. The van der Waals surface area contributed by atoms with Crippen molar-refractivity contribution in [2.75, 3.05) is 0 Å². The fourth-order valence-corrected chi connectivity index (χ4v) is 23.2. The molecule has 656 valence electrons. The highest BCUT2D eigenvalue weighted by Gasteiger charge is 2.28. The number of thiophene rings is 1. The summed E-state index contributed by atoms with van der Waals surface area (Å²) < 4.78 is 27.6. The molecule has 0 radical (unpaired) electrons. The highest BCUT2D eigenvalue weighted by atomic mass is 32.1. The zero-order chi connectivity index (χ0) is 92.1. The molecule has 130 heavy (non-hydrogen) atoms. The van der Waals surface area contributed by atoms with Gasteiger partial charge in [-0.05, 0) is 278 Å². The average Bonchev–Trinajstić information content (AvgIpc) is 1.57. The number of para-hydroxylation sites is 11. The Morgan fingerprint density at radius 3 is 0.754 bits per heavy atom. The molecule has 12 heteroatoms. The molecular formula is C118H123N11S. The van der Waals surface area contributed by atoms with Crippen LogP contribution in [-0.4, -0.2) is 50.2 Å². The Balaban J connectivity index is 0.000000105. The van der Waals surface area contributed by atoms with Crippen LogP contribution >= 0.6 is 11.3 Å². The van der Waals surface area contributed by atoms with Crippen molar-refractivity contribution in [2.45, 2.75) is 152 Å². The summed E-state index contributed by atoms with van der Waals surface area (Å²) in [5.41, 5.74) is 51.6. The summed E-state index contributed by atoms with van der Waals surface area (Å²) in [7, 11) is 13.0. The summed E-state index contributed by atoms with van der Waals surface area (Å²) in [5.74, 6) is 0. The van der Waals surface area contributed by atoms with E-state index in [1.54, 1.807) is 0 Å². The maximum Gasteiger partial charge on any atom is 0.126 e. The molecule has 12 aromatic heterocycles. The molecule has 0 aliphatic heterocycles. The predicted octanol–water partition coefficient (Wildman–Crippen LogP) is 30.8. The minimum absolute atomic E-state index is 1.29. The molecule has 0 aliphatic rings. The summed E-state index contributed by atoms with van der Waals surface area (Å²) in [6, 6.07) is 84.9. The van der Waals surface area contributed by atoms with E-state index in [0.29, 0.717) is 0 Å². The van der Waals surface area contributed by atoms with Crippen molar-refractivity contribution in [3.05, 3.63) is 359 Å². The van der Waals surface area contributed by atoms with Crippen molar-refractivity contribution >= 4 is 142 Å². The lowest BCUT2D eigenvalue weighted by Gasteiger charge is -2.15. The van der Waals surface area contributed by atoms with Gasteiger partial charge >= 0.3 is 0 Å². The molecule has 0 aliphatic carbocycles. The van der Waals surface area contributed by atoms with Gasteiger partial charge in [-0.2, -0.15) is 0 Å². The van der Waals surface area contributed by atoms with Gasteiger partial charge in [0.25, 0.3) is 0 Å². The maximum absolute atomic E-state index is 2.46. The van der Waals surface area contributed by atoms with Gasteiger partial charge in [0.1, 0.15) is 22.6 Å². The maximum atomic E-state index is 2.46. The first kappa shape index (κ1) is 87.0. The van der Waals surface area contributed by atoms with Gasteiger partial charge in [-0.1, -0.05) is 200 Å². The van der Waals surface area contributed by atoms with Crippen molar-refractivity contribution < 1.29 is 0 Å². The second-order valence-corrected chi connectivity index (χ2v) is 38.1. The van der Waals surface area contributed by atoms with Crippen LogP contribution in [0, 0.1) is 152 Å². The number of hydrogen-bond acceptors (Lipinski definition) is 1. The minimum Gasteiger partial charge on any atom is -0.343 e. The number of aromatic nitrogens is 11. The fraction of sp³-hybridized carbons (Fsp3) is 0.237. The van der Waals surface area contributed by atoms with Crippen LogP contribution in [0.25, 0.3) is 159 Å². The Morgan fingerprint density at radius 1 is 0.177 bits per heavy atom. The van der Waals surface area contributed by atoms with E-state index in [1.807, 2.05) is 11.3 Å². The van der Waals surface area contributed by atoms with Crippen molar-refractivity contribution in [3.8, 4) is 28.4 Å². The molecule has 23 aromatic rings. The number of benzene rings is 11. The summed E-state index contributed by atoms with van der Waals surface area (Å²) in [5, 5.41) is 13.6. The molecule has 0 amide bonds. The molecule has 0 atom stereocenters. The SMILES string of the molecule is Cc1cccc(C)c1-n1c(C)c(C)c2c1c1ccccc1n2C.Cc1cccc(C)c1-n1c(C)c(C)c2c3ccccc3n(C)c21.Cc1cccc(C)c1-n1c(C)c(C)c2c3ccccc3n(C)c21.Cc1cccc(C)c1-n1c2ccccc2c2c(C)c(C)n(C)c21.Cc1cccc(C)c1-n1c2ccccc2c2c(C)c(C)n(C)c21.Cc1sc2c3ccccc3n(C)c2c1C. The van der Waals surface area contributed by atoms with Gasteiger partial charge in [0, 0.05) is 135 Å². The number of rotatable bonds is 5. The average molecular weight is 1730 g/mol. The Kier molecular flexibility index (Phi) is 22.4. The van der Waals surface area contributed by atoms with Crippen LogP contribution in [0.5, 0.6) is 0 Å². The lowest BCUT2D eigenvalue weighted by Crippen LogP contribution is -2.05. The molecule has 0 unspecified atom stereocenters. The zero-order valence-corrected chi connectivity index (χ0v) is 82.2. The third kappa shape index (κ3) is 13.5. The first-order chi connectivity index (χ1) is 62.3. The number of fused-ring (bicyclic) bond motifs is 18. The van der Waals surface area contributed by atoms with Crippen molar-refractivity contribution in [2.24, 2.45) is 42.3 Å². The van der Waals surface area contributed by atoms with E-state index < -0.39 is 0 Å². The number of nitrogens with zero attached hydrogens (tertiary/aromatic N) is 11. The second-order valence-electron chi connectivity index (χ2n) is 36.8. The van der Waals surface area contributed by atoms with Crippen LogP contribution in [0.1, 0.15) is 122 Å². The van der Waals surface area contributed by atoms with Crippen molar-refractivity contribution in [1.82, 2.24) is 50.2 Å². The van der Waals surface area contributed by atoms with Gasteiger partial charge in [0.05, 0.1) is 77.3 Å². The molecule has 12 heterocycles. The Bertz CT molecular complexity index is 8040. The number of hydrogen-bond donors (Lipinski definition) is 0. The lowest BCUT2D eigenvalue weighted by molar-refractivity contribution is 0.877. The normalized spacial score (nSPS) is 11.7. The number of aryl methyl sites for hydroxylation is 23. The first-order valence-electron chi connectivity index (χ1n) is 45.8. The van der Waals surface area contributed by atoms with E-state index in [9.17, 15) is 0 Å². The molecule has 0 saturated heterocycles. The molecular weight excluding hydrogens is 1600 g/mol. The molecule has 0 N–H and O–H groups in total. The zero-order valence-electron chi connectivity index (χ0n) is 81.3. The first-order valence-corrected chi connectivity index (χ1v) is 46.6. The van der Waals surface area contributed by atoms with E-state index in [0.717, 1.165) is 0 Å². The van der Waals surface area contributed by atoms with Crippen LogP contribution in [0.4, 0.5) is 0 Å². The molecule has 11 nitrogen and oxygen atoms in total. The molecule has 23 rings (SSSR count). The van der Waals surface area contributed by atoms with Gasteiger partial charge in [0.15, 0.2) is 0 Å². The van der Waals surface area contributed by atoms with Crippen LogP contribution < -0.4 is 0 Å². The Labute approximate surface area is 769 Å². The van der Waals surface area contributed by atoms with Gasteiger partial charge in [0.2, 0.25) is 0 Å². The quantitative estimate of drug-likeness (QED) is 0.165. The molecule has 0 saturated carbocycles. The summed E-state index contributed by atoms with van der Waals surface area (Å²) in [4.78, 5) is 1.43. The second kappa shape index (κ2) is 33.4. The van der Waals surface area contributed by atoms with E-state index in [2.05, 4.69) is 481 Å². The van der Waals surface area contributed by atoms with Crippen LogP contribution in [0.2, 0.25) is 0 Å². The highest BCUT2D eigenvalue weighted by molar-refractivity contribution is 7.20. The topological polar surface area (TPSA) is 54.2 Å². The molecule has 11 aromatic carbocycles. The van der Waals surface area contributed by atoms with Crippen molar-refractivity contribution in [1.29, 1.82) is 0 Å². The monoisotopic (exact) mass is 1730 g/mol. The van der Waals surface area contributed by atoms with Gasteiger partial charge in [-0.3, -0.25) is 18.3 Å². The van der Waals surface area contributed by atoms with E-state index >= 15 is 0 Å². The van der Waals surface area contributed by atoms with E-state index in [-0.39, 0.29) is 0 Å². The summed E-state index contributed by atoms with van der Waals surface area (Å²) in [6.07, 6.45) is 0. The molecule has 0 fully saturated rings. The highest BCUT2D eigenvalue weighted by Crippen LogP contribution is 2.46. The van der Waals surface area contributed by atoms with Gasteiger partial charge in [-0.25, -0.2) is 0 Å². The van der Waals surface area contributed by atoms with Crippen LogP contribution in [-0.2, 0) is 42.3 Å². The fourth-order valence-electron chi connectivity index (χ4n) is 21.9.